The third-order valence-corrected chi connectivity index (χ3v) is 2.73. The largest absolute Gasteiger partial charge is 0.392 e. The lowest BCUT2D eigenvalue weighted by atomic mass is 10.2. The van der Waals surface area contributed by atoms with Crippen LogP contribution in [0.4, 0.5) is 0 Å². The van der Waals surface area contributed by atoms with Crippen LogP contribution in [0.15, 0.2) is 0 Å². The minimum absolute atomic E-state index is 0.140. The molecule has 0 saturated carbocycles. The summed E-state index contributed by atoms with van der Waals surface area (Å²) in [6.45, 7) is 12.4. The van der Waals surface area contributed by atoms with Crippen LogP contribution in [0.5, 0.6) is 0 Å². The van der Waals surface area contributed by atoms with Crippen molar-refractivity contribution in [2.75, 3.05) is 39.5 Å². The lowest BCUT2D eigenvalue weighted by Crippen LogP contribution is -2.43. The Morgan fingerprint density at radius 2 is 1.44 bits per heavy atom. The topological polar surface area (TPSA) is 41.9 Å². The smallest absolute Gasteiger partial charge is 0.0664 e. The molecule has 0 aromatic carbocycles. The molecule has 0 aliphatic heterocycles. The molecule has 98 valence electrons. The van der Waals surface area contributed by atoms with Gasteiger partial charge in [-0.15, -0.1) is 0 Å². The summed E-state index contributed by atoms with van der Waals surface area (Å²) in [5.74, 6) is 0. The summed E-state index contributed by atoms with van der Waals surface area (Å²) in [6.07, 6.45) is -0.330. The van der Waals surface area contributed by atoms with E-state index in [2.05, 4.69) is 4.90 Å². The molecule has 4 heteroatoms. The van der Waals surface area contributed by atoms with Gasteiger partial charge in [-0.3, -0.25) is 4.90 Å². The van der Waals surface area contributed by atoms with E-state index in [1.165, 1.54) is 0 Å². The zero-order valence-corrected chi connectivity index (χ0v) is 11.1. The highest BCUT2D eigenvalue weighted by molar-refractivity contribution is 4.71. The van der Waals surface area contributed by atoms with E-state index in [9.17, 15) is 5.11 Å². The van der Waals surface area contributed by atoms with Crippen LogP contribution in [-0.2, 0) is 9.47 Å². The molecule has 0 aromatic rings. The molecular weight excluding hydrogens is 206 g/mol. The first kappa shape index (κ1) is 15.8. The number of nitrogens with zero attached hydrogens (tertiary/aromatic N) is 1. The molecule has 1 N–H and O–H groups in total. The van der Waals surface area contributed by atoms with Crippen LogP contribution in [0.2, 0.25) is 0 Å². The zero-order valence-electron chi connectivity index (χ0n) is 11.1. The van der Waals surface area contributed by atoms with Crippen LogP contribution in [0.1, 0.15) is 27.7 Å². The van der Waals surface area contributed by atoms with Gasteiger partial charge in [-0.05, 0) is 27.7 Å². The highest BCUT2D eigenvalue weighted by Gasteiger charge is 2.17. The lowest BCUT2D eigenvalue weighted by molar-refractivity contribution is 0.0249. The van der Waals surface area contributed by atoms with Gasteiger partial charge in [0.25, 0.3) is 0 Å². The van der Waals surface area contributed by atoms with Crippen molar-refractivity contribution >= 4 is 0 Å². The fraction of sp³-hybridized carbons (Fsp3) is 1.00. The molecule has 0 rings (SSSR count). The van der Waals surface area contributed by atoms with Crippen molar-refractivity contribution in [1.82, 2.24) is 4.90 Å². The number of aliphatic hydroxyl groups excluding tert-OH is 1. The van der Waals surface area contributed by atoms with E-state index in [4.69, 9.17) is 9.47 Å². The fourth-order valence-corrected chi connectivity index (χ4v) is 1.48. The molecule has 16 heavy (non-hydrogen) atoms. The predicted molar refractivity (Wildman–Crippen MR) is 65.7 cm³/mol. The van der Waals surface area contributed by atoms with Crippen LogP contribution in [0.25, 0.3) is 0 Å². The Hall–Kier alpha value is -0.160. The molecular formula is C12H27NO3. The van der Waals surface area contributed by atoms with E-state index in [1.807, 2.05) is 27.7 Å². The van der Waals surface area contributed by atoms with Crippen LogP contribution in [0.3, 0.4) is 0 Å². The maximum Gasteiger partial charge on any atom is 0.0664 e. The molecule has 0 bridgehead atoms. The van der Waals surface area contributed by atoms with E-state index in [0.717, 1.165) is 26.3 Å². The van der Waals surface area contributed by atoms with Gasteiger partial charge < -0.3 is 14.6 Å². The van der Waals surface area contributed by atoms with Crippen molar-refractivity contribution < 1.29 is 14.6 Å². The highest BCUT2D eigenvalue weighted by atomic mass is 16.5. The normalized spacial score (nSPS) is 15.4. The van der Waals surface area contributed by atoms with Gasteiger partial charge in [0, 0.05) is 32.3 Å². The van der Waals surface area contributed by atoms with Crippen molar-refractivity contribution in [2.24, 2.45) is 0 Å². The summed E-state index contributed by atoms with van der Waals surface area (Å²) >= 11 is 0. The Bertz CT molecular complexity index is 143. The Morgan fingerprint density at radius 1 is 1.00 bits per heavy atom. The summed E-state index contributed by atoms with van der Waals surface area (Å²) < 4.78 is 10.7. The maximum absolute atomic E-state index is 9.58. The molecule has 0 fully saturated rings. The van der Waals surface area contributed by atoms with Crippen LogP contribution < -0.4 is 0 Å². The summed E-state index contributed by atoms with van der Waals surface area (Å²) in [6, 6.07) is 0.140. The average molecular weight is 233 g/mol. The fourth-order valence-electron chi connectivity index (χ4n) is 1.48. The van der Waals surface area contributed by atoms with Crippen molar-refractivity contribution in [3.63, 3.8) is 0 Å². The number of hydrogen-bond donors (Lipinski definition) is 1. The minimum Gasteiger partial charge on any atom is -0.392 e. The number of aliphatic hydroxyl groups is 1. The van der Waals surface area contributed by atoms with Crippen molar-refractivity contribution in [1.29, 1.82) is 0 Å². The maximum atomic E-state index is 9.58. The van der Waals surface area contributed by atoms with E-state index >= 15 is 0 Å². The van der Waals surface area contributed by atoms with Gasteiger partial charge in [-0.25, -0.2) is 0 Å². The summed E-state index contributed by atoms with van der Waals surface area (Å²) in [4.78, 5) is 2.20. The first-order chi connectivity index (χ1) is 7.63. The first-order valence-corrected chi connectivity index (χ1v) is 6.21. The molecule has 0 aromatic heterocycles. The number of rotatable bonds is 10. The van der Waals surface area contributed by atoms with Gasteiger partial charge in [-0.2, -0.15) is 0 Å². The molecule has 0 amide bonds. The molecule has 4 nitrogen and oxygen atoms in total. The van der Waals surface area contributed by atoms with Gasteiger partial charge in [0.15, 0.2) is 0 Å². The molecule has 0 spiro atoms. The average Bonchev–Trinajstić information content (AvgIpc) is 2.26. The number of ether oxygens (including phenoxy) is 2. The van der Waals surface area contributed by atoms with Gasteiger partial charge in [0.2, 0.25) is 0 Å². The monoisotopic (exact) mass is 233 g/mol. The van der Waals surface area contributed by atoms with Gasteiger partial charge in [0.1, 0.15) is 0 Å². The summed E-state index contributed by atoms with van der Waals surface area (Å²) in [7, 11) is 0. The van der Waals surface area contributed by atoms with Crippen molar-refractivity contribution in [2.45, 2.75) is 39.8 Å². The molecule has 0 aliphatic carbocycles. The third kappa shape index (κ3) is 7.17. The zero-order chi connectivity index (χ0) is 12.4. The Kier molecular flexibility index (Phi) is 9.92. The van der Waals surface area contributed by atoms with E-state index in [-0.39, 0.29) is 12.1 Å². The van der Waals surface area contributed by atoms with E-state index < -0.39 is 0 Å². The molecule has 0 saturated heterocycles. The molecule has 0 heterocycles. The molecule has 2 atom stereocenters. The highest BCUT2D eigenvalue weighted by Crippen LogP contribution is 2.04. The second-order valence-corrected chi connectivity index (χ2v) is 3.91. The van der Waals surface area contributed by atoms with E-state index in [1.54, 1.807) is 0 Å². The molecule has 0 aliphatic rings. The Balaban J connectivity index is 3.94. The Morgan fingerprint density at radius 3 is 1.75 bits per heavy atom. The second-order valence-electron chi connectivity index (χ2n) is 3.91. The second kappa shape index (κ2) is 10.0. The number of hydrogen-bond acceptors (Lipinski definition) is 4. The quantitative estimate of drug-likeness (QED) is 0.574. The van der Waals surface area contributed by atoms with Gasteiger partial charge in [0.05, 0.1) is 19.3 Å². The van der Waals surface area contributed by atoms with Gasteiger partial charge in [-0.1, -0.05) is 0 Å². The summed E-state index contributed by atoms with van der Waals surface area (Å²) in [5.41, 5.74) is 0. The lowest BCUT2D eigenvalue weighted by Gasteiger charge is -2.30. The first-order valence-electron chi connectivity index (χ1n) is 6.21. The van der Waals surface area contributed by atoms with Crippen LogP contribution >= 0.6 is 0 Å². The van der Waals surface area contributed by atoms with Gasteiger partial charge >= 0.3 is 0 Å². The SMILES string of the molecule is CCOCCN(CCOCC)C(C)C(C)O. The summed E-state index contributed by atoms with van der Waals surface area (Å²) in [5, 5.41) is 9.58. The van der Waals surface area contributed by atoms with E-state index in [0.29, 0.717) is 13.2 Å². The predicted octanol–water partition coefficient (Wildman–Crippen LogP) is 1.13. The third-order valence-electron chi connectivity index (χ3n) is 2.73. The van der Waals surface area contributed by atoms with Crippen LogP contribution in [-0.4, -0.2) is 61.7 Å². The van der Waals surface area contributed by atoms with Crippen molar-refractivity contribution in [3.05, 3.63) is 0 Å². The molecule has 2 unspecified atom stereocenters. The van der Waals surface area contributed by atoms with Crippen molar-refractivity contribution in [3.8, 4) is 0 Å². The Labute approximate surface area is 99.5 Å². The van der Waals surface area contributed by atoms with Crippen LogP contribution in [0, 0.1) is 0 Å². The molecule has 0 radical (unpaired) electrons. The minimum atomic E-state index is -0.330. The standard InChI is InChI=1S/C12H27NO3/c1-5-15-9-7-13(8-10-16-6-2)11(3)12(4)14/h11-12,14H,5-10H2,1-4H3.